The van der Waals surface area contributed by atoms with Crippen LogP contribution in [0.25, 0.3) is 10.9 Å². The number of carboxylic acid groups (broad SMARTS) is 1. The molecule has 0 aliphatic carbocycles. The van der Waals surface area contributed by atoms with Crippen LogP contribution in [-0.4, -0.2) is 82.1 Å². The first-order valence-electron chi connectivity index (χ1n) is 18.6. The molecule has 3 aromatic carbocycles. The van der Waals surface area contributed by atoms with E-state index in [-0.39, 0.29) is 55.6 Å². The van der Waals surface area contributed by atoms with Crippen LogP contribution in [0.5, 0.6) is 0 Å². The van der Waals surface area contributed by atoms with Crippen LogP contribution >= 0.6 is 0 Å². The van der Waals surface area contributed by atoms with Crippen molar-refractivity contribution in [2.45, 2.75) is 66.0 Å². The molecule has 5 rings (SSSR count). The number of halogens is 1. The second-order valence-electron chi connectivity index (χ2n) is 14.2. The van der Waals surface area contributed by atoms with Crippen LogP contribution in [0.2, 0.25) is 0 Å². The van der Waals surface area contributed by atoms with Gasteiger partial charge in [-0.15, -0.1) is 0 Å². The number of ether oxygens (including phenoxy) is 2. The third-order valence-corrected chi connectivity index (χ3v) is 9.85. The maximum atomic E-state index is 15.3. The van der Waals surface area contributed by atoms with E-state index < -0.39 is 53.0 Å². The summed E-state index contributed by atoms with van der Waals surface area (Å²) < 4.78 is 27.7. The Kier molecular flexibility index (Phi) is 13.7. The van der Waals surface area contributed by atoms with Crippen molar-refractivity contribution in [1.29, 1.82) is 0 Å². The first-order chi connectivity index (χ1) is 26.7. The van der Waals surface area contributed by atoms with Crippen molar-refractivity contribution < 1.29 is 43.3 Å². The third kappa shape index (κ3) is 10.2. The topological polar surface area (TPSA) is 180 Å². The van der Waals surface area contributed by atoms with E-state index in [2.05, 4.69) is 10.6 Å². The van der Waals surface area contributed by atoms with E-state index in [0.717, 1.165) is 11.6 Å². The highest BCUT2D eigenvalue weighted by molar-refractivity contribution is 5.94. The largest absolute Gasteiger partial charge is 0.477 e. The van der Waals surface area contributed by atoms with Gasteiger partial charge in [0.2, 0.25) is 11.3 Å². The molecule has 1 fully saturated rings. The van der Waals surface area contributed by atoms with Gasteiger partial charge in [0.1, 0.15) is 24.6 Å². The molecule has 1 aromatic heterocycles. The molecule has 14 nitrogen and oxygen atoms in total. The number of nitrogens with one attached hydrogen (secondary N) is 2. The van der Waals surface area contributed by atoms with Crippen molar-refractivity contribution in [1.82, 2.24) is 14.8 Å². The van der Waals surface area contributed by atoms with Gasteiger partial charge in [-0.1, -0.05) is 63.2 Å². The zero-order valence-electron chi connectivity index (χ0n) is 31.9. The van der Waals surface area contributed by atoms with Crippen LogP contribution < -0.4 is 21.0 Å². The monoisotopic (exact) mass is 773 g/mol. The van der Waals surface area contributed by atoms with E-state index in [9.17, 15) is 34.2 Å². The molecule has 0 bridgehead atoms. The molecule has 1 unspecified atom stereocenters. The molecule has 3 atom stereocenters. The smallest absolute Gasteiger partial charge is 0.410 e. The first kappa shape index (κ1) is 41.2. The molecule has 1 aliphatic rings. The fourth-order valence-electron chi connectivity index (χ4n) is 6.60. The molecule has 0 saturated carbocycles. The van der Waals surface area contributed by atoms with Gasteiger partial charge >= 0.3 is 18.2 Å². The lowest BCUT2D eigenvalue weighted by Gasteiger charge is -2.35. The Morgan fingerprint density at radius 1 is 0.893 bits per heavy atom. The highest BCUT2D eigenvalue weighted by atomic mass is 19.1. The van der Waals surface area contributed by atoms with Crippen molar-refractivity contribution in [3.63, 3.8) is 0 Å². The van der Waals surface area contributed by atoms with Crippen molar-refractivity contribution >= 4 is 46.3 Å². The van der Waals surface area contributed by atoms with Crippen molar-refractivity contribution in [3.05, 3.63) is 106 Å². The summed E-state index contributed by atoms with van der Waals surface area (Å²) in [5, 5.41) is 25.9. The Morgan fingerprint density at radius 3 is 2.16 bits per heavy atom. The highest BCUT2D eigenvalue weighted by Gasteiger charge is 2.29. The number of aliphatic hydroxyl groups excluding tert-OH is 1. The summed E-state index contributed by atoms with van der Waals surface area (Å²) in [5.74, 6) is -3.06. The molecule has 4 aromatic rings. The lowest BCUT2D eigenvalue weighted by atomic mass is 9.91. The first-order valence-corrected chi connectivity index (χ1v) is 18.6. The van der Waals surface area contributed by atoms with Gasteiger partial charge in [-0.05, 0) is 54.7 Å². The number of alkyl carbamates (subject to hydrolysis) is 1. The molecule has 4 N–H and O–H groups in total. The SMILES string of the molecule is CCn1cc(C(=O)O)c(=O)c2cc(F)c(N3CCN(C(=O)OCc4ccc(NC(=O)[C@@H](C)CC(O)[C@@H](NC(=O)OCc5ccccc5)C(C)C)cc4)CC3)cc21. The standard InChI is InChI=1S/C41H48FN5O9/c1-5-45-22-31(39(51)52)37(49)30-20-32(42)34(21-33(30)45)46-15-17-47(18-16-46)41(54)56-24-28-11-13-29(14-12-28)43-38(50)26(4)19-35(48)36(25(2)3)44-40(53)55-23-27-9-7-6-8-10-27/h6-14,20-22,25-26,35-36,48H,5,15-19,23-24H2,1-4H3,(H,43,50)(H,44,53)(H,51,52)/t26-,35?,36-/m0/s1. The number of aryl methyl sites for hydroxylation is 1. The number of anilines is 2. The van der Waals surface area contributed by atoms with Gasteiger partial charge in [0, 0.05) is 55.9 Å². The number of carboxylic acids is 1. The summed E-state index contributed by atoms with van der Waals surface area (Å²) in [7, 11) is 0. The van der Waals surface area contributed by atoms with Gasteiger partial charge in [-0.2, -0.15) is 0 Å². The van der Waals surface area contributed by atoms with Crippen molar-refractivity contribution in [3.8, 4) is 0 Å². The predicted molar refractivity (Wildman–Crippen MR) is 208 cm³/mol. The second-order valence-corrected chi connectivity index (χ2v) is 14.2. The quantitative estimate of drug-likeness (QED) is 0.126. The number of pyridine rings is 1. The Hall–Kier alpha value is -5.96. The molecular formula is C41H48FN5O9. The van der Waals surface area contributed by atoms with E-state index in [1.165, 1.54) is 11.1 Å². The number of hydrogen-bond donors (Lipinski definition) is 4. The number of rotatable bonds is 14. The van der Waals surface area contributed by atoms with Gasteiger partial charge in [0.25, 0.3) is 0 Å². The number of amides is 3. The zero-order chi connectivity index (χ0) is 40.5. The molecule has 15 heteroatoms. The second kappa shape index (κ2) is 18.6. The maximum absolute atomic E-state index is 15.3. The Bertz CT molecular complexity index is 2080. The summed E-state index contributed by atoms with van der Waals surface area (Å²) in [6.07, 6.45) is -0.828. The molecule has 1 saturated heterocycles. The van der Waals surface area contributed by atoms with E-state index in [0.29, 0.717) is 36.4 Å². The summed E-state index contributed by atoms with van der Waals surface area (Å²) in [4.78, 5) is 65.9. The molecule has 3 amide bonds. The number of aromatic nitrogens is 1. The average Bonchev–Trinajstić information content (AvgIpc) is 3.19. The number of benzene rings is 3. The van der Waals surface area contributed by atoms with Gasteiger partial charge < -0.3 is 44.7 Å². The van der Waals surface area contributed by atoms with Crippen LogP contribution in [-0.2, 0) is 34.0 Å². The van der Waals surface area contributed by atoms with Crippen LogP contribution in [0.4, 0.5) is 25.4 Å². The number of fused-ring (bicyclic) bond motifs is 1. The van der Waals surface area contributed by atoms with E-state index in [1.54, 1.807) is 53.6 Å². The average molecular weight is 774 g/mol. The van der Waals surface area contributed by atoms with E-state index >= 15 is 4.39 Å². The summed E-state index contributed by atoms with van der Waals surface area (Å²) >= 11 is 0. The number of hydrogen-bond acceptors (Lipinski definition) is 9. The fraction of sp³-hybridized carbons (Fsp3) is 0.390. The number of nitrogens with zero attached hydrogens (tertiary/aromatic N) is 3. The minimum absolute atomic E-state index is 0.0137. The van der Waals surface area contributed by atoms with Crippen LogP contribution in [0.3, 0.4) is 0 Å². The van der Waals surface area contributed by atoms with E-state index in [1.807, 2.05) is 44.2 Å². The molecule has 1 aliphatic heterocycles. The normalized spacial score (nSPS) is 14.6. The molecule has 56 heavy (non-hydrogen) atoms. The van der Waals surface area contributed by atoms with Crippen LogP contribution in [0.15, 0.2) is 77.7 Å². The van der Waals surface area contributed by atoms with Crippen LogP contribution in [0.1, 0.15) is 55.6 Å². The zero-order valence-corrected chi connectivity index (χ0v) is 31.9. The number of aliphatic hydroxyl groups is 1. The van der Waals surface area contributed by atoms with Gasteiger partial charge in [-0.25, -0.2) is 18.8 Å². The Balaban J connectivity index is 1.07. The minimum atomic E-state index is -1.38. The molecular weight excluding hydrogens is 725 g/mol. The molecule has 298 valence electrons. The van der Waals surface area contributed by atoms with Crippen molar-refractivity contribution in [2.75, 3.05) is 36.4 Å². The molecule has 2 heterocycles. The number of piperazine rings is 1. The lowest BCUT2D eigenvalue weighted by Crippen LogP contribution is -2.49. The van der Waals surface area contributed by atoms with Gasteiger partial charge in [0.15, 0.2) is 0 Å². The van der Waals surface area contributed by atoms with Gasteiger partial charge in [0.05, 0.1) is 23.3 Å². The number of aromatic carboxylic acids is 1. The highest BCUT2D eigenvalue weighted by Crippen LogP contribution is 2.27. The number of carbonyl (C=O) groups is 4. The minimum Gasteiger partial charge on any atom is -0.477 e. The molecule has 0 radical (unpaired) electrons. The number of carbonyl (C=O) groups excluding carboxylic acids is 3. The third-order valence-electron chi connectivity index (χ3n) is 9.85. The molecule has 0 spiro atoms. The maximum Gasteiger partial charge on any atom is 0.410 e. The van der Waals surface area contributed by atoms with Gasteiger partial charge in [-0.3, -0.25) is 9.59 Å². The van der Waals surface area contributed by atoms with E-state index in [4.69, 9.17) is 9.47 Å². The Labute approximate surface area is 323 Å². The summed E-state index contributed by atoms with van der Waals surface area (Å²) in [5.41, 5.74) is 1.54. The van der Waals surface area contributed by atoms with Crippen molar-refractivity contribution in [2.24, 2.45) is 11.8 Å². The summed E-state index contributed by atoms with van der Waals surface area (Å²) in [6.45, 7) is 8.80. The summed E-state index contributed by atoms with van der Waals surface area (Å²) in [6, 6.07) is 18.0. The predicted octanol–water partition coefficient (Wildman–Crippen LogP) is 5.59. The lowest BCUT2D eigenvalue weighted by molar-refractivity contribution is -0.120. The fourth-order valence-corrected chi connectivity index (χ4v) is 6.60. The van der Waals surface area contributed by atoms with Crippen LogP contribution in [0, 0.1) is 17.7 Å². The Morgan fingerprint density at radius 2 is 1.54 bits per heavy atom.